The van der Waals surface area contributed by atoms with Crippen LogP contribution in [0.25, 0.3) is 10.1 Å². The van der Waals surface area contributed by atoms with E-state index in [0.29, 0.717) is 12.3 Å². The van der Waals surface area contributed by atoms with Gasteiger partial charge in [-0.05, 0) is 22.8 Å². The number of rotatable bonds is 5. The van der Waals surface area contributed by atoms with Gasteiger partial charge < -0.3 is 10.4 Å². The highest BCUT2D eigenvalue weighted by Crippen LogP contribution is 2.29. The molecule has 0 aliphatic carbocycles. The Morgan fingerprint density at radius 1 is 1.37 bits per heavy atom. The molecule has 0 unspecified atom stereocenters. The van der Waals surface area contributed by atoms with Crippen LogP contribution in [0, 0.1) is 5.92 Å². The molecule has 0 saturated heterocycles. The molecule has 0 radical (unpaired) electrons. The number of hydrogen-bond acceptors (Lipinski definition) is 3. The number of aliphatic hydroxyl groups excluding tert-OH is 1. The van der Waals surface area contributed by atoms with Gasteiger partial charge in [-0.25, -0.2) is 0 Å². The van der Waals surface area contributed by atoms with E-state index in [1.165, 1.54) is 0 Å². The first kappa shape index (κ1) is 14.0. The maximum absolute atomic E-state index is 11.6. The molecule has 1 aromatic heterocycles. The van der Waals surface area contributed by atoms with Crippen LogP contribution in [0.2, 0.25) is 0 Å². The van der Waals surface area contributed by atoms with E-state index in [9.17, 15) is 9.90 Å². The molecule has 0 saturated carbocycles. The summed E-state index contributed by atoms with van der Waals surface area (Å²) in [5.74, 6) is 0.327. The number of nitrogens with one attached hydrogen (secondary N) is 1. The summed E-state index contributed by atoms with van der Waals surface area (Å²) >= 11 is 1.61. The van der Waals surface area contributed by atoms with Gasteiger partial charge in [0.15, 0.2) is 0 Å². The summed E-state index contributed by atoms with van der Waals surface area (Å²) in [7, 11) is 0. The summed E-state index contributed by atoms with van der Waals surface area (Å²) < 4.78 is 1.16. The number of hydrogen-bond donors (Lipinski definition) is 2. The van der Waals surface area contributed by atoms with E-state index in [4.69, 9.17) is 0 Å². The van der Waals surface area contributed by atoms with Crippen molar-refractivity contribution in [3.63, 3.8) is 0 Å². The van der Waals surface area contributed by atoms with Crippen molar-refractivity contribution in [1.82, 2.24) is 5.32 Å². The van der Waals surface area contributed by atoms with Gasteiger partial charge in [0.1, 0.15) is 0 Å². The van der Waals surface area contributed by atoms with E-state index in [0.717, 1.165) is 15.6 Å². The molecular weight excluding hydrogens is 258 g/mol. The lowest BCUT2D eigenvalue weighted by Crippen LogP contribution is -2.29. The second kappa shape index (κ2) is 6.17. The van der Waals surface area contributed by atoms with Crippen molar-refractivity contribution in [2.75, 3.05) is 6.54 Å². The number of amides is 1. The first-order chi connectivity index (χ1) is 9.08. The molecule has 0 aliphatic heterocycles. The minimum absolute atomic E-state index is 0.00594. The summed E-state index contributed by atoms with van der Waals surface area (Å²) in [6.45, 7) is 4.27. The average Bonchev–Trinajstić information content (AvgIpc) is 2.79. The fourth-order valence-corrected chi connectivity index (χ4v) is 3.03. The number of carbonyl (C=O) groups is 1. The van der Waals surface area contributed by atoms with Gasteiger partial charge >= 0.3 is 0 Å². The van der Waals surface area contributed by atoms with Crippen molar-refractivity contribution in [2.24, 2.45) is 5.92 Å². The monoisotopic (exact) mass is 277 g/mol. The summed E-state index contributed by atoms with van der Waals surface area (Å²) in [6, 6.07) is 7.98. The molecule has 2 N–H and O–H groups in total. The van der Waals surface area contributed by atoms with E-state index >= 15 is 0 Å². The molecule has 1 heterocycles. The van der Waals surface area contributed by atoms with Gasteiger partial charge in [-0.1, -0.05) is 32.0 Å². The molecule has 19 heavy (non-hydrogen) atoms. The summed E-state index contributed by atoms with van der Waals surface area (Å²) in [4.78, 5) is 11.6. The minimum Gasteiger partial charge on any atom is -0.387 e. The van der Waals surface area contributed by atoms with Gasteiger partial charge in [0.05, 0.1) is 6.10 Å². The molecule has 1 aromatic carbocycles. The molecule has 0 fully saturated rings. The highest BCUT2D eigenvalue weighted by atomic mass is 32.1. The molecule has 0 bridgehead atoms. The summed E-state index contributed by atoms with van der Waals surface area (Å²) in [5.41, 5.74) is 0.894. The Kier molecular flexibility index (Phi) is 4.56. The largest absolute Gasteiger partial charge is 0.387 e. The smallest absolute Gasteiger partial charge is 0.220 e. The lowest BCUT2D eigenvalue weighted by Gasteiger charge is -2.12. The zero-order valence-corrected chi connectivity index (χ0v) is 12.0. The van der Waals surface area contributed by atoms with Gasteiger partial charge in [0, 0.05) is 23.2 Å². The van der Waals surface area contributed by atoms with Gasteiger partial charge in [0.2, 0.25) is 5.91 Å². The Morgan fingerprint density at radius 2 is 2.11 bits per heavy atom. The van der Waals surface area contributed by atoms with Crippen molar-refractivity contribution in [3.05, 3.63) is 35.2 Å². The van der Waals surface area contributed by atoms with E-state index in [2.05, 4.69) is 5.32 Å². The van der Waals surface area contributed by atoms with Gasteiger partial charge in [-0.2, -0.15) is 0 Å². The van der Waals surface area contributed by atoms with Crippen molar-refractivity contribution < 1.29 is 9.90 Å². The molecule has 1 atom stereocenters. The minimum atomic E-state index is -0.646. The zero-order valence-electron chi connectivity index (χ0n) is 11.2. The quantitative estimate of drug-likeness (QED) is 0.882. The van der Waals surface area contributed by atoms with Crippen LogP contribution in [0.15, 0.2) is 29.6 Å². The van der Waals surface area contributed by atoms with Gasteiger partial charge in [0.25, 0.3) is 0 Å². The predicted molar refractivity (Wildman–Crippen MR) is 79.2 cm³/mol. The van der Waals surface area contributed by atoms with E-state index in [-0.39, 0.29) is 12.5 Å². The number of benzene rings is 1. The number of fused-ring (bicyclic) bond motifs is 1. The van der Waals surface area contributed by atoms with Crippen LogP contribution in [0.3, 0.4) is 0 Å². The third-order valence-corrected chi connectivity index (χ3v) is 3.94. The highest BCUT2D eigenvalue weighted by Gasteiger charge is 2.14. The summed E-state index contributed by atoms with van der Waals surface area (Å²) in [5, 5.41) is 16.0. The Bertz CT molecular complexity index is 562. The SMILES string of the molecule is CC(C)CC(=O)NC[C@H](O)c1csc2ccccc12. The molecule has 2 rings (SSSR count). The second-order valence-electron chi connectivity index (χ2n) is 5.11. The van der Waals surface area contributed by atoms with Crippen LogP contribution in [0.4, 0.5) is 0 Å². The van der Waals surface area contributed by atoms with Crippen molar-refractivity contribution in [1.29, 1.82) is 0 Å². The second-order valence-corrected chi connectivity index (χ2v) is 6.02. The van der Waals surface area contributed by atoms with Crippen LogP contribution in [-0.2, 0) is 4.79 Å². The van der Waals surface area contributed by atoms with Gasteiger partial charge in [-0.3, -0.25) is 4.79 Å². The average molecular weight is 277 g/mol. The van der Waals surface area contributed by atoms with Crippen molar-refractivity contribution in [3.8, 4) is 0 Å². The van der Waals surface area contributed by atoms with E-state index in [1.54, 1.807) is 11.3 Å². The molecule has 102 valence electrons. The Labute approximate surface area is 117 Å². The Morgan fingerprint density at radius 3 is 2.84 bits per heavy atom. The zero-order chi connectivity index (χ0) is 13.8. The summed E-state index contributed by atoms with van der Waals surface area (Å²) in [6.07, 6.45) is -0.149. The molecule has 0 spiro atoms. The number of aliphatic hydroxyl groups is 1. The first-order valence-electron chi connectivity index (χ1n) is 6.49. The fraction of sp³-hybridized carbons (Fsp3) is 0.400. The lowest BCUT2D eigenvalue weighted by molar-refractivity contribution is -0.122. The predicted octanol–water partition coefficient (Wildman–Crippen LogP) is 3.10. The van der Waals surface area contributed by atoms with Crippen molar-refractivity contribution in [2.45, 2.75) is 26.4 Å². The normalized spacial score (nSPS) is 12.8. The molecule has 0 aliphatic rings. The Hall–Kier alpha value is -1.39. The molecule has 2 aromatic rings. The number of thiophene rings is 1. The van der Waals surface area contributed by atoms with Crippen LogP contribution < -0.4 is 5.32 Å². The Balaban J connectivity index is 2.00. The maximum Gasteiger partial charge on any atom is 0.220 e. The van der Waals surface area contributed by atoms with Gasteiger partial charge in [-0.15, -0.1) is 11.3 Å². The van der Waals surface area contributed by atoms with Crippen molar-refractivity contribution >= 4 is 27.3 Å². The van der Waals surface area contributed by atoms with E-state index < -0.39 is 6.10 Å². The molecular formula is C15H19NO2S. The third-order valence-electron chi connectivity index (χ3n) is 2.96. The third kappa shape index (κ3) is 3.55. The molecule has 1 amide bonds. The fourth-order valence-electron chi connectivity index (χ4n) is 2.02. The number of carbonyl (C=O) groups excluding carboxylic acids is 1. The topological polar surface area (TPSA) is 49.3 Å². The lowest BCUT2D eigenvalue weighted by atomic mass is 10.1. The standard InChI is InChI=1S/C15H19NO2S/c1-10(2)7-15(18)16-8-13(17)12-9-19-14-6-4-3-5-11(12)14/h3-6,9-10,13,17H,7-8H2,1-2H3,(H,16,18)/t13-/m0/s1. The van der Waals surface area contributed by atoms with Crippen LogP contribution >= 0.6 is 11.3 Å². The molecule has 4 heteroatoms. The van der Waals surface area contributed by atoms with Crippen LogP contribution in [-0.4, -0.2) is 17.6 Å². The molecule has 3 nitrogen and oxygen atoms in total. The first-order valence-corrected chi connectivity index (χ1v) is 7.36. The highest BCUT2D eigenvalue weighted by molar-refractivity contribution is 7.17. The van der Waals surface area contributed by atoms with Crippen LogP contribution in [0.1, 0.15) is 31.9 Å². The van der Waals surface area contributed by atoms with Crippen LogP contribution in [0.5, 0.6) is 0 Å². The maximum atomic E-state index is 11.6. The van der Waals surface area contributed by atoms with E-state index in [1.807, 2.05) is 43.5 Å².